The average molecular weight is 314 g/mol. The highest BCUT2D eigenvalue weighted by atomic mass is 32.2. The smallest absolute Gasteiger partial charge is 0.240 e. The van der Waals surface area contributed by atoms with E-state index < -0.39 is 15.6 Å². The molecule has 0 bridgehead atoms. The van der Waals surface area contributed by atoms with Crippen LogP contribution in [0.1, 0.15) is 39.3 Å². The standard InChI is InChI=1S/C15H26N2O3S/c1-11(2)15(4,18)10-17-12(3)13-6-8-14(9-7-13)21(19,20)16-5/h6-9,11-12,16-18H,10H2,1-5H3. The van der Waals surface area contributed by atoms with Crippen LogP contribution in [0.25, 0.3) is 0 Å². The second kappa shape index (κ2) is 6.87. The molecule has 1 aromatic carbocycles. The molecule has 0 aliphatic carbocycles. The summed E-state index contributed by atoms with van der Waals surface area (Å²) in [7, 11) is -2.01. The van der Waals surface area contributed by atoms with Gasteiger partial charge in [-0.15, -0.1) is 0 Å². The molecule has 120 valence electrons. The molecule has 0 aromatic heterocycles. The Labute approximate surface area is 127 Å². The first-order valence-corrected chi connectivity index (χ1v) is 8.57. The molecule has 0 radical (unpaired) electrons. The van der Waals surface area contributed by atoms with Crippen molar-refractivity contribution < 1.29 is 13.5 Å². The van der Waals surface area contributed by atoms with Crippen LogP contribution in [-0.4, -0.2) is 32.7 Å². The van der Waals surface area contributed by atoms with Gasteiger partial charge in [0.1, 0.15) is 0 Å². The predicted octanol–water partition coefficient (Wildman–Crippen LogP) is 1.65. The Balaban J connectivity index is 2.75. The van der Waals surface area contributed by atoms with Gasteiger partial charge in [0.25, 0.3) is 0 Å². The maximum absolute atomic E-state index is 11.7. The van der Waals surface area contributed by atoms with Gasteiger partial charge in [0, 0.05) is 12.6 Å². The zero-order valence-corrected chi connectivity index (χ0v) is 14.2. The van der Waals surface area contributed by atoms with Crippen molar-refractivity contribution in [2.45, 2.75) is 44.2 Å². The van der Waals surface area contributed by atoms with Crippen molar-refractivity contribution in [1.29, 1.82) is 0 Å². The zero-order chi connectivity index (χ0) is 16.3. The molecule has 0 amide bonds. The molecule has 6 heteroatoms. The van der Waals surface area contributed by atoms with Gasteiger partial charge in [0.15, 0.2) is 0 Å². The minimum atomic E-state index is -3.40. The zero-order valence-electron chi connectivity index (χ0n) is 13.3. The van der Waals surface area contributed by atoms with Crippen molar-refractivity contribution in [3.63, 3.8) is 0 Å². The molecule has 21 heavy (non-hydrogen) atoms. The Morgan fingerprint density at radius 1 is 1.19 bits per heavy atom. The summed E-state index contributed by atoms with van der Waals surface area (Å²) in [6.45, 7) is 8.22. The van der Waals surface area contributed by atoms with Gasteiger partial charge in [-0.2, -0.15) is 0 Å². The van der Waals surface area contributed by atoms with Crippen LogP contribution < -0.4 is 10.0 Å². The van der Waals surface area contributed by atoms with E-state index in [4.69, 9.17) is 0 Å². The van der Waals surface area contributed by atoms with Crippen LogP contribution in [0, 0.1) is 5.92 Å². The topological polar surface area (TPSA) is 78.4 Å². The quantitative estimate of drug-likeness (QED) is 0.715. The summed E-state index contributed by atoms with van der Waals surface area (Å²) in [5.41, 5.74) is 0.202. The van der Waals surface area contributed by atoms with E-state index in [9.17, 15) is 13.5 Å². The summed E-state index contributed by atoms with van der Waals surface area (Å²) in [6, 6.07) is 6.76. The lowest BCUT2D eigenvalue weighted by molar-refractivity contribution is 0.0122. The molecule has 0 aliphatic rings. The Morgan fingerprint density at radius 3 is 2.14 bits per heavy atom. The van der Waals surface area contributed by atoms with E-state index in [1.54, 1.807) is 31.2 Å². The highest BCUT2D eigenvalue weighted by Crippen LogP contribution is 2.19. The van der Waals surface area contributed by atoms with Gasteiger partial charge in [-0.1, -0.05) is 26.0 Å². The minimum absolute atomic E-state index is 0.0292. The van der Waals surface area contributed by atoms with Gasteiger partial charge < -0.3 is 10.4 Å². The lowest BCUT2D eigenvalue weighted by Gasteiger charge is -2.29. The van der Waals surface area contributed by atoms with Crippen LogP contribution in [-0.2, 0) is 10.0 Å². The number of nitrogens with one attached hydrogen (secondary N) is 2. The van der Waals surface area contributed by atoms with Crippen molar-refractivity contribution in [1.82, 2.24) is 10.0 Å². The van der Waals surface area contributed by atoms with Gasteiger partial charge in [-0.3, -0.25) is 0 Å². The summed E-state index contributed by atoms with van der Waals surface area (Å²) < 4.78 is 25.6. The predicted molar refractivity (Wildman–Crippen MR) is 84.6 cm³/mol. The largest absolute Gasteiger partial charge is 0.389 e. The molecule has 2 atom stereocenters. The van der Waals surface area contributed by atoms with Gasteiger partial charge in [0.2, 0.25) is 10.0 Å². The van der Waals surface area contributed by atoms with E-state index in [1.807, 2.05) is 20.8 Å². The number of rotatable bonds is 7. The molecule has 0 fully saturated rings. The summed E-state index contributed by atoms with van der Waals surface area (Å²) in [4.78, 5) is 0.245. The van der Waals surface area contributed by atoms with Crippen LogP contribution in [0.15, 0.2) is 29.2 Å². The van der Waals surface area contributed by atoms with E-state index in [-0.39, 0.29) is 16.9 Å². The fourth-order valence-corrected chi connectivity index (χ4v) is 2.47. The molecular formula is C15H26N2O3S. The van der Waals surface area contributed by atoms with Crippen molar-refractivity contribution in [2.24, 2.45) is 5.92 Å². The van der Waals surface area contributed by atoms with Crippen LogP contribution in [0.2, 0.25) is 0 Å². The van der Waals surface area contributed by atoms with Crippen molar-refractivity contribution >= 4 is 10.0 Å². The fourth-order valence-electron chi connectivity index (χ4n) is 1.74. The van der Waals surface area contributed by atoms with Gasteiger partial charge in [-0.05, 0) is 44.5 Å². The second-order valence-corrected chi connectivity index (χ2v) is 7.78. The minimum Gasteiger partial charge on any atom is -0.389 e. The highest BCUT2D eigenvalue weighted by Gasteiger charge is 2.25. The maximum atomic E-state index is 11.7. The first kappa shape index (κ1) is 18.1. The first-order chi connectivity index (χ1) is 9.60. The summed E-state index contributed by atoms with van der Waals surface area (Å²) >= 11 is 0. The molecule has 0 heterocycles. The monoisotopic (exact) mass is 314 g/mol. The van der Waals surface area contributed by atoms with Gasteiger partial charge in [-0.25, -0.2) is 13.1 Å². The number of benzene rings is 1. The van der Waals surface area contributed by atoms with E-state index in [2.05, 4.69) is 10.0 Å². The third kappa shape index (κ3) is 4.78. The molecule has 2 unspecified atom stereocenters. The number of hydrogen-bond donors (Lipinski definition) is 3. The molecule has 1 aromatic rings. The molecular weight excluding hydrogens is 288 g/mol. The molecule has 0 saturated heterocycles. The van der Waals surface area contributed by atoms with Crippen LogP contribution in [0.4, 0.5) is 0 Å². The third-order valence-corrected chi connectivity index (χ3v) is 5.40. The molecule has 0 saturated carbocycles. The van der Waals surface area contributed by atoms with Crippen LogP contribution in [0.3, 0.4) is 0 Å². The number of hydrogen-bond acceptors (Lipinski definition) is 4. The number of sulfonamides is 1. The SMILES string of the molecule is CNS(=O)(=O)c1ccc(C(C)NCC(C)(O)C(C)C)cc1. The summed E-state index contributed by atoms with van der Waals surface area (Å²) in [5, 5.41) is 13.5. The van der Waals surface area contributed by atoms with Crippen LogP contribution in [0.5, 0.6) is 0 Å². The molecule has 5 nitrogen and oxygen atoms in total. The van der Waals surface area contributed by atoms with Crippen molar-refractivity contribution in [3.8, 4) is 0 Å². The molecule has 0 aliphatic heterocycles. The molecule has 0 spiro atoms. The van der Waals surface area contributed by atoms with Crippen molar-refractivity contribution in [3.05, 3.63) is 29.8 Å². The Hall–Kier alpha value is -0.950. The second-order valence-electron chi connectivity index (χ2n) is 5.89. The van der Waals surface area contributed by atoms with E-state index in [0.717, 1.165) is 5.56 Å². The van der Waals surface area contributed by atoms with Crippen LogP contribution >= 0.6 is 0 Å². The van der Waals surface area contributed by atoms with Gasteiger partial charge in [0.05, 0.1) is 10.5 Å². The first-order valence-electron chi connectivity index (χ1n) is 7.09. The maximum Gasteiger partial charge on any atom is 0.240 e. The third-order valence-electron chi connectivity index (χ3n) is 3.97. The summed E-state index contributed by atoms with van der Waals surface area (Å²) in [5.74, 6) is 0.153. The Morgan fingerprint density at radius 2 is 1.71 bits per heavy atom. The highest BCUT2D eigenvalue weighted by molar-refractivity contribution is 7.89. The normalized spacial score (nSPS) is 16.7. The Kier molecular flexibility index (Phi) is 5.92. The fraction of sp³-hybridized carbons (Fsp3) is 0.600. The van der Waals surface area contributed by atoms with E-state index in [1.165, 1.54) is 7.05 Å². The van der Waals surface area contributed by atoms with Gasteiger partial charge >= 0.3 is 0 Å². The van der Waals surface area contributed by atoms with E-state index >= 15 is 0 Å². The molecule has 1 rings (SSSR count). The average Bonchev–Trinajstić information content (AvgIpc) is 2.44. The number of aliphatic hydroxyl groups is 1. The summed E-state index contributed by atoms with van der Waals surface area (Å²) in [6.07, 6.45) is 0. The Bertz CT molecular complexity index is 551. The lowest BCUT2D eigenvalue weighted by Crippen LogP contribution is -2.42. The van der Waals surface area contributed by atoms with Crippen molar-refractivity contribution in [2.75, 3.05) is 13.6 Å². The van der Waals surface area contributed by atoms with E-state index in [0.29, 0.717) is 6.54 Å². The molecule has 3 N–H and O–H groups in total. The lowest BCUT2D eigenvalue weighted by atomic mass is 9.92.